The monoisotopic (exact) mass is 403 g/mol. The van der Waals surface area contributed by atoms with Crippen molar-refractivity contribution >= 4 is 18.3 Å². The summed E-state index contributed by atoms with van der Waals surface area (Å²) in [5.74, 6) is 0.869. The van der Waals surface area contributed by atoms with Crippen molar-refractivity contribution < 1.29 is 4.79 Å². The van der Waals surface area contributed by atoms with E-state index in [1.54, 1.807) is 6.07 Å². The summed E-state index contributed by atoms with van der Waals surface area (Å²) in [6, 6.07) is 7.63. The highest BCUT2D eigenvalue weighted by Crippen LogP contribution is 2.35. The molecule has 5 heterocycles. The molecule has 1 fully saturated rings. The van der Waals surface area contributed by atoms with Crippen molar-refractivity contribution in [1.29, 1.82) is 0 Å². The van der Waals surface area contributed by atoms with Gasteiger partial charge in [-0.1, -0.05) is 6.07 Å². The van der Waals surface area contributed by atoms with Gasteiger partial charge in [0.15, 0.2) is 0 Å². The lowest BCUT2D eigenvalue weighted by molar-refractivity contribution is -0.133. The molecule has 2 aromatic rings. The molecule has 28 heavy (non-hydrogen) atoms. The van der Waals surface area contributed by atoms with Gasteiger partial charge in [0, 0.05) is 63.2 Å². The van der Waals surface area contributed by atoms with E-state index in [0.717, 1.165) is 57.1 Å². The Morgan fingerprint density at radius 3 is 3.00 bits per heavy atom. The lowest BCUT2D eigenvalue weighted by Gasteiger charge is -2.42. The van der Waals surface area contributed by atoms with Crippen LogP contribution in [0.1, 0.15) is 35.8 Å². The van der Waals surface area contributed by atoms with Gasteiger partial charge in [-0.25, -0.2) is 0 Å². The molecule has 3 aliphatic rings. The Bertz CT molecular complexity index is 913. The molecule has 7 nitrogen and oxygen atoms in total. The maximum atomic E-state index is 12.8. The van der Waals surface area contributed by atoms with Gasteiger partial charge in [-0.05, 0) is 24.5 Å². The van der Waals surface area contributed by atoms with Gasteiger partial charge in [-0.3, -0.25) is 14.3 Å². The fourth-order valence-electron chi connectivity index (χ4n) is 4.87. The number of fused-ring (bicyclic) bond motifs is 5. The number of nitrogens with zero attached hydrogens (tertiary/aromatic N) is 4. The molecule has 2 atom stereocenters. The maximum absolute atomic E-state index is 12.8. The second kappa shape index (κ2) is 7.72. The van der Waals surface area contributed by atoms with Crippen LogP contribution in [0.4, 0.5) is 0 Å². The molecule has 1 N–H and O–H groups in total. The lowest BCUT2D eigenvalue weighted by Crippen LogP contribution is -2.49. The van der Waals surface area contributed by atoms with Crippen molar-refractivity contribution in [1.82, 2.24) is 24.6 Å². The predicted molar refractivity (Wildman–Crippen MR) is 108 cm³/mol. The summed E-state index contributed by atoms with van der Waals surface area (Å²) in [4.78, 5) is 27.0. The van der Waals surface area contributed by atoms with Crippen molar-refractivity contribution in [2.45, 2.75) is 44.8 Å². The van der Waals surface area contributed by atoms with Gasteiger partial charge in [0.25, 0.3) is 5.56 Å². The number of hydrogen-bond donors (Lipinski definition) is 1. The zero-order valence-corrected chi connectivity index (χ0v) is 16.7. The van der Waals surface area contributed by atoms with Gasteiger partial charge < -0.3 is 14.8 Å². The van der Waals surface area contributed by atoms with Gasteiger partial charge in [0.1, 0.15) is 0 Å². The van der Waals surface area contributed by atoms with Gasteiger partial charge in [-0.2, -0.15) is 5.10 Å². The molecule has 2 unspecified atom stereocenters. The molecule has 1 saturated heterocycles. The van der Waals surface area contributed by atoms with Crippen LogP contribution in [0.2, 0.25) is 0 Å². The molecule has 0 aromatic carbocycles. The normalized spacial score (nSPS) is 22.8. The zero-order chi connectivity index (χ0) is 18.4. The number of pyridine rings is 1. The van der Waals surface area contributed by atoms with E-state index in [0.29, 0.717) is 18.8 Å². The number of likely N-dealkylation sites (tertiary alicyclic amines) is 1. The van der Waals surface area contributed by atoms with Gasteiger partial charge in [0.05, 0.1) is 17.9 Å². The Balaban J connectivity index is 0.00000192. The van der Waals surface area contributed by atoms with Gasteiger partial charge in [0.2, 0.25) is 5.91 Å². The van der Waals surface area contributed by atoms with Crippen molar-refractivity contribution in [3.63, 3.8) is 0 Å². The molecule has 2 bridgehead atoms. The second-order valence-electron chi connectivity index (χ2n) is 8.02. The minimum absolute atomic E-state index is 0. The number of carbonyl (C=O) groups excluding carboxylic acids is 1. The highest BCUT2D eigenvalue weighted by atomic mass is 35.5. The van der Waals surface area contributed by atoms with E-state index in [1.165, 1.54) is 5.69 Å². The minimum Gasteiger partial charge on any atom is -0.342 e. The zero-order valence-electron chi connectivity index (χ0n) is 15.8. The van der Waals surface area contributed by atoms with Crippen LogP contribution in [0.25, 0.3) is 0 Å². The fraction of sp³-hybridized carbons (Fsp3) is 0.550. The van der Waals surface area contributed by atoms with Crippen molar-refractivity contribution in [2.75, 3.05) is 19.6 Å². The summed E-state index contributed by atoms with van der Waals surface area (Å²) in [5, 5.41) is 7.98. The molecule has 150 valence electrons. The third-order valence-electron chi connectivity index (χ3n) is 6.15. The number of aryl methyl sites for hydroxylation is 1. The average molecular weight is 404 g/mol. The molecule has 3 aliphatic heterocycles. The first-order valence-electron chi connectivity index (χ1n) is 9.91. The first-order chi connectivity index (χ1) is 13.2. The Morgan fingerprint density at radius 2 is 2.14 bits per heavy atom. The summed E-state index contributed by atoms with van der Waals surface area (Å²) in [5.41, 5.74) is 3.39. The lowest BCUT2D eigenvalue weighted by atomic mass is 9.83. The van der Waals surface area contributed by atoms with Crippen LogP contribution in [-0.2, 0) is 30.8 Å². The predicted octanol–water partition coefficient (Wildman–Crippen LogP) is 1.15. The van der Waals surface area contributed by atoms with Crippen LogP contribution in [0.5, 0.6) is 0 Å². The van der Waals surface area contributed by atoms with E-state index in [-0.39, 0.29) is 29.8 Å². The van der Waals surface area contributed by atoms with Gasteiger partial charge in [-0.15, -0.1) is 12.4 Å². The summed E-state index contributed by atoms with van der Waals surface area (Å²) in [7, 11) is 0. The first kappa shape index (κ1) is 19.2. The van der Waals surface area contributed by atoms with E-state index in [1.807, 2.05) is 21.6 Å². The van der Waals surface area contributed by atoms with E-state index in [9.17, 15) is 9.59 Å². The molecular formula is C20H26ClN5O2. The number of amides is 1. The quantitative estimate of drug-likeness (QED) is 0.834. The number of halogens is 1. The van der Waals surface area contributed by atoms with Crippen molar-refractivity contribution in [2.24, 2.45) is 5.92 Å². The van der Waals surface area contributed by atoms with Crippen LogP contribution in [0, 0.1) is 5.92 Å². The fourth-order valence-corrected chi connectivity index (χ4v) is 4.87. The Morgan fingerprint density at radius 1 is 1.25 bits per heavy atom. The summed E-state index contributed by atoms with van der Waals surface area (Å²) in [6.07, 6.45) is 2.28. The average Bonchev–Trinajstić information content (AvgIpc) is 3.10. The number of rotatable bonds is 3. The third-order valence-corrected chi connectivity index (χ3v) is 6.15. The first-order valence-corrected chi connectivity index (χ1v) is 9.91. The van der Waals surface area contributed by atoms with Gasteiger partial charge >= 0.3 is 0 Å². The Labute approximate surface area is 170 Å². The number of carbonyl (C=O) groups is 1. The number of aromatic nitrogens is 3. The molecule has 0 saturated carbocycles. The smallest absolute Gasteiger partial charge is 0.250 e. The van der Waals surface area contributed by atoms with Crippen LogP contribution >= 0.6 is 12.4 Å². The highest BCUT2D eigenvalue weighted by Gasteiger charge is 2.36. The van der Waals surface area contributed by atoms with E-state index in [4.69, 9.17) is 0 Å². The molecule has 0 radical (unpaired) electrons. The van der Waals surface area contributed by atoms with E-state index < -0.39 is 0 Å². The molecular weight excluding hydrogens is 378 g/mol. The van der Waals surface area contributed by atoms with E-state index >= 15 is 0 Å². The third kappa shape index (κ3) is 3.49. The summed E-state index contributed by atoms with van der Waals surface area (Å²) < 4.78 is 3.96. The largest absolute Gasteiger partial charge is 0.342 e. The molecule has 1 amide bonds. The SMILES string of the molecule is Cl.O=C(CCc1cc2n(n1)CCNC2)N1CC2CC(C1)c1cccc(=O)n1C2. The second-order valence-corrected chi connectivity index (χ2v) is 8.02. The van der Waals surface area contributed by atoms with Crippen LogP contribution in [0.3, 0.4) is 0 Å². The standard InChI is InChI=1S/C20H25N5O2.ClH/c26-19(5-4-16-9-17-10-21-6-7-25(17)22-16)23-11-14-8-15(13-23)18-2-1-3-20(27)24(18)12-14;/h1-3,9,14-15,21H,4-8,10-13H2;1H. The van der Waals surface area contributed by atoms with E-state index in [2.05, 4.69) is 21.2 Å². The topological polar surface area (TPSA) is 72.2 Å². The Kier molecular flexibility index (Phi) is 5.29. The maximum Gasteiger partial charge on any atom is 0.250 e. The number of hydrogen-bond acceptors (Lipinski definition) is 4. The molecule has 8 heteroatoms. The van der Waals surface area contributed by atoms with Crippen LogP contribution in [-0.4, -0.2) is 44.8 Å². The number of piperidine rings is 1. The van der Waals surface area contributed by atoms with Crippen molar-refractivity contribution in [3.05, 3.63) is 51.7 Å². The van der Waals surface area contributed by atoms with Crippen molar-refractivity contribution in [3.8, 4) is 0 Å². The minimum atomic E-state index is 0. The molecule has 0 spiro atoms. The summed E-state index contributed by atoms with van der Waals surface area (Å²) in [6.45, 7) is 4.93. The van der Waals surface area contributed by atoms with Crippen LogP contribution in [0.15, 0.2) is 29.1 Å². The highest BCUT2D eigenvalue weighted by molar-refractivity contribution is 5.85. The molecule has 5 rings (SSSR count). The number of nitrogens with one attached hydrogen (secondary N) is 1. The summed E-state index contributed by atoms with van der Waals surface area (Å²) >= 11 is 0. The molecule has 2 aromatic heterocycles. The van der Waals surface area contributed by atoms with Crippen LogP contribution < -0.4 is 10.9 Å². The molecule has 0 aliphatic carbocycles. The Hall–Kier alpha value is -2.12.